The molecule has 1 atom stereocenters. The molecule has 152 valence electrons. The van der Waals surface area contributed by atoms with E-state index in [1.807, 2.05) is 25.2 Å². The van der Waals surface area contributed by atoms with Gasteiger partial charge in [0.2, 0.25) is 0 Å². The Morgan fingerprint density at radius 3 is 2.67 bits per heavy atom. The number of nitrogens with one attached hydrogen (secondary N) is 1. The predicted molar refractivity (Wildman–Crippen MR) is 123 cm³/mol. The summed E-state index contributed by atoms with van der Waals surface area (Å²) in [6.45, 7) is 4.00. The fraction of sp³-hybridized carbons (Fsp3) is 0.261. The lowest BCUT2D eigenvalue weighted by Gasteiger charge is -2.17. The number of hydrogen-bond donors (Lipinski definition) is 1. The molecule has 1 saturated heterocycles. The summed E-state index contributed by atoms with van der Waals surface area (Å²) in [7, 11) is 1.99. The number of nitrogens with zero attached hydrogens (tertiary/aromatic N) is 4. The SMILES string of the molecule is CN[C@@H]1CCN(c2ccc(-n3ncc4cc(-c5ccc(C)cc5)sc4c3=O)cn2)C1. The van der Waals surface area contributed by atoms with Gasteiger partial charge in [-0.1, -0.05) is 29.8 Å². The first-order valence-corrected chi connectivity index (χ1v) is 10.9. The zero-order valence-electron chi connectivity index (χ0n) is 17.0. The number of rotatable bonds is 4. The maximum atomic E-state index is 13.1. The van der Waals surface area contributed by atoms with Gasteiger partial charge in [-0.25, -0.2) is 4.98 Å². The molecule has 30 heavy (non-hydrogen) atoms. The van der Waals surface area contributed by atoms with Crippen molar-refractivity contribution in [2.45, 2.75) is 19.4 Å². The lowest BCUT2D eigenvalue weighted by molar-refractivity contribution is 0.616. The molecule has 1 aliphatic heterocycles. The maximum Gasteiger partial charge on any atom is 0.289 e. The highest BCUT2D eigenvalue weighted by Crippen LogP contribution is 2.31. The second kappa shape index (κ2) is 7.66. The summed E-state index contributed by atoms with van der Waals surface area (Å²) < 4.78 is 2.15. The van der Waals surface area contributed by atoms with Crippen LogP contribution in [0.2, 0.25) is 0 Å². The van der Waals surface area contributed by atoms with E-state index >= 15 is 0 Å². The van der Waals surface area contributed by atoms with Crippen molar-refractivity contribution in [3.8, 4) is 16.1 Å². The Kier molecular flexibility index (Phi) is 4.84. The zero-order valence-corrected chi connectivity index (χ0v) is 17.8. The summed E-state index contributed by atoms with van der Waals surface area (Å²) in [5.74, 6) is 0.934. The molecule has 0 aliphatic carbocycles. The number of likely N-dealkylation sites (N-methyl/N-ethyl adjacent to an activating group) is 1. The fourth-order valence-corrected chi connectivity index (χ4v) is 4.94. The van der Waals surface area contributed by atoms with Crippen LogP contribution in [0.4, 0.5) is 5.82 Å². The number of hydrogen-bond acceptors (Lipinski definition) is 6. The summed E-state index contributed by atoms with van der Waals surface area (Å²) in [5, 5.41) is 8.59. The topological polar surface area (TPSA) is 63.1 Å². The summed E-state index contributed by atoms with van der Waals surface area (Å²) >= 11 is 1.51. The first-order chi connectivity index (χ1) is 14.6. The number of benzene rings is 1. The molecule has 6 nitrogen and oxygen atoms in total. The molecule has 1 fully saturated rings. The van der Waals surface area contributed by atoms with Crippen LogP contribution in [-0.4, -0.2) is 40.9 Å². The van der Waals surface area contributed by atoms with Gasteiger partial charge in [0, 0.05) is 29.4 Å². The van der Waals surface area contributed by atoms with Gasteiger partial charge in [0.15, 0.2) is 0 Å². The van der Waals surface area contributed by atoms with Crippen molar-refractivity contribution in [1.29, 1.82) is 0 Å². The molecule has 0 saturated carbocycles. The first-order valence-electron chi connectivity index (χ1n) is 10.1. The van der Waals surface area contributed by atoms with Crippen molar-refractivity contribution in [3.63, 3.8) is 0 Å². The molecular formula is C23H23N5OS. The van der Waals surface area contributed by atoms with Crippen LogP contribution >= 0.6 is 11.3 Å². The molecule has 7 heteroatoms. The van der Waals surface area contributed by atoms with Crippen molar-refractivity contribution in [1.82, 2.24) is 20.1 Å². The van der Waals surface area contributed by atoms with Gasteiger partial charge >= 0.3 is 0 Å². The first kappa shape index (κ1) is 19.0. The van der Waals surface area contributed by atoms with E-state index < -0.39 is 0 Å². The van der Waals surface area contributed by atoms with Gasteiger partial charge in [-0.3, -0.25) is 4.79 Å². The Morgan fingerprint density at radius 1 is 1.13 bits per heavy atom. The zero-order chi connectivity index (χ0) is 20.7. The minimum Gasteiger partial charge on any atom is -0.355 e. The van der Waals surface area contributed by atoms with Crippen molar-refractivity contribution < 1.29 is 0 Å². The van der Waals surface area contributed by atoms with Gasteiger partial charge in [-0.15, -0.1) is 11.3 Å². The average molecular weight is 418 g/mol. The molecule has 0 amide bonds. The number of thiophene rings is 1. The molecule has 1 aromatic carbocycles. The van der Waals surface area contributed by atoms with Crippen molar-refractivity contribution in [2.24, 2.45) is 0 Å². The molecule has 1 aliphatic rings. The largest absolute Gasteiger partial charge is 0.355 e. The van der Waals surface area contributed by atoms with Crippen molar-refractivity contribution in [2.75, 3.05) is 25.0 Å². The van der Waals surface area contributed by atoms with E-state index in [0.717, 1.165) is 41.2 Å². The normalized spacial score (nSPS) is 16.5. The monoisotopic (exact) mass is 417 g/mol. The standard InChI is InChI=1S/C23H23N5OS/c1-15-3-5-16(6-4-15)20-11-17-12-26-28(23(29)22(17)30-20)19-7-8-21(25-13-19)27-10-9-18(14-27)24-2/h3-8,11-13,18,24H,9-10,14H2,1-2H3/t18-/m1/s1. The van der Waals surface area contributed by atoms with Crippen LogP contribution in [0.5, 0.6) is 0 Å². The third-order valence-electron chi connectivity index (χ3n) is 5.69. The van der Waals surface area contributed by atoms with Crippen molar-refractivity contribution in [3.05, 3.63) is 70.8 Å². The quantitative estimate of drug-likeness (QED) is 0.550. The van der Waals surface area contributed by atoms with Gasteiger partial charge in [0.1, 0.15) is 10.5 Å². The Morgan fingerprint density at radius 2 is 1.97 bits per heavy atom. The lowest BCUT2D eigenvalue weighted by atomic mass is 10.1. The average Bonchev–Trinajstić information content (AvgIpc) is 3.42. The number of pyridine rings is 1. The Balaban J connectivity index is 1.46. The highest BCUT2D eigenvalue weighted by atomic mass is 32.1. The second-order valence-corrected chi connectivity index (χ2v) is 8.77. The minimum atomic E-state index is -0.109. The molecular weight excluding hydrogens is 394 g/mol. The van der Waals surface area contributed by atoms with Crippen LogP contribution in [-0.2, 0) is 0 Å². The Hall–Kier alpha value is -3.03. The number of aryl methyl sites for hydroxylation is 1. The van der Waals surface area contributed by atoms with Crippen LogP contribution in [0.15, 0.2) is 59.7 Å². The van der Waals surface area contributed by atoms with Crippen LogP contribution in [0, 0.1) is 6.92 Å². The van der Waals surface area contributed by atoms with Crippen molar-refractivity contribution >= 4 is 27.2 Å². The molecule has 3 aromatic heterocycles. The lowest BCUT2D eigenvalue weighted by Crippen LogP contribution is -2.29. The third kappa shape index (κ3) is 3.40. The van der Waals surface area contributed by atoms with E-state index in [9.17, 15) is 4.79 Å². The highest BCUT2D eigenvalue weighted by molar-refractivity contribution is 7.22. The van der Waals surface area contributed by atoms with E-state index in [4.69, 9.17) is 0 Å². The second-order valence-electron chi connectivity index (χ2n) is 7.72. The van der Waals surface area contributed by atoms with Crippen LogP contribution in [0.3, 0.4) is 0 Å². The molecule has 4 heterocycles. The molecule has 5 rings (SSSR count). The number of aromatic nitrogens is 3. The smallest absolute Gasteiger partial charge is 0.289 e. The van der Waals surface area contributed by atoms with Gasteiger partial charge < -0.3 is 10.2 Å². The van der Waals surface area contributed by atoms with Gasteiger partial charge in [0.05, 0.1) is 18.1 Å². The third-order valence-corrected chi connectivity index (χ3v) is 6.88. The van der Waals surface area contributed by atoms with E-state index in [-0.39, 0.29) is 5.56 Å². The molecule has 4 aromatic rings. The van der Waals surface area contributed by atoms with Gasteiger partial charge in [0.25, 0.3) is 5.56 Å². The van der Waals surface area contributed by atoms with E-state index in [1.165, 1.54) is 21.6 Å². The summed E-state index contributed by atoms with van der Waals surface area (Å²) in [6, 6.07) is 14.8. The molecule has 0 unspecified atom stereocenters. The maximum absolute atomic E-state index is 13.1. The van der Waals surface area contributed by atoms with Gasteiger partial charge in [-0.05, 0) is 44.2 Å². The summed E-state index contributed by atoms with van der Waals surface area (Å²) in [5.41, 5.74) is 2.90. The number of anilines is 1. The molecule has 1 N–H and O–H groups in total. The summed E-state index contributed by atoms with van der Waals surface area (Å²) in [6.07, 6.45) is 4.60. The van der Waals surface area contributed by atoms with E-state index in [2.05, 4.69) is 51.5 Å². The molecule has 0 spiro atoms. The highest BCUT2D eigenvalue weighted by Gasteiger charge is 2.22. The molecule has 0 bridgehead atoms. The molecule has 0 radical (unpaired) electrons. The Labute approximate surface area is 178 Å². The number of fused-ring (bicyclic) bond motifs is 1. The fourth-order valence-electron chi connectivity index (χ4n) is 3.88. The van der Waals surface area contributed by atoms with Crippen LogP contribution in [0.25, 0.3) is 26.2 Å². The van der Waals surface area contributed by atoms with Crippen LogP contribution in [0.1, 0.15) is 12.0 Å². The van der Waals surface area contributed by atoms with E-state index in [0.29, 0.717) is 16.4 Å². The van der Waals surface area contributed by atoms with E-state index in [1.54, 1.807) is 12.4 Å². The minimum absolute atomic E-state index is 0.109. The van der Waals surface area contributed by atoms with Crippen LogP contribution < -0.4 is 15.8 Å². The predicted octanol–water partition coefficient (Wildman–Crippen LogP) is 3.62. The van der Waals surface area contributed by atoms with Gasteiger partial charge in [-0.2, -0.15) is 9.78 Å². The summed E-state index contributed by atoms with van der Waals surface area (Å²) in [4.78, 5) is 21.0. The Bertz CT molecular complexity index is 1240.